The molecule has 0 fully saturated rings. The molecule has 1 amide bonds. The van der Waals surface area contributed by atoms with Gasteiger partial charge in [-0.1, -0.05) is 36.7 Å². The molecule has 0 bridgehead atoms. The number of hydrogen-bond acceptors (Lipinski definition) is 5. The van der Waals surface area contributed by atoms with E-state index in [4.69, 9.17) is 0 Å². The van der Waals surface area contributed by atoms with E-state index in [1.54, 1.807) is 11.7 Å². The molecule has 0 saturated heterocycles. The van der Waals surface area contributed by atoms with E-state index in [9.17, 15) is 4.79 Å². The first-order valence-electron chi connectivity index (χ1n) is 8.10. The third-order valence-electron chi connectivity index (χ3n) is 3.76. The first-order chi connectivity index (χ1) is 12.2. The summed E-state index contributed by atoms with van der Waals surface area (Å²) in [6, 6.07) is 9.44. The number of aryl methyl sites for hydroxylation is 1. The van der Waals surface area contributed by atoms with E-state index >= 15 is 0 Å². The van der Waals surface area contributed by atoms with Crippen LogP contribution in [0.5, 0.6) is 0 Å². The van der Waals surface area contributed by atoms with Gasteiger partial charge in [0, 0.05) is 28.6 Å². The number of halogens is 1. The van der Waals surface area contributed by atoms with Crippen LogP contribution in [-0.4, -0.2) is 35.9 Å². The van der Waals surface area contributed by atoms with Crippen molar-refractivity contribution in [2.75, 3.05) is 5.32 Å². The van der Waals surface area contributed by atoms with Gasteiger partial charge in [0.2, 0.25) is 11.7 Å². The Hall–Kier alpha value is -2.55. The Labute approximate surface area is 159 Å². The molecule has 0 aliphatic rings. The third-order valence-corrected chi connectivity index (χ3v) is 4.28. The fourth-order valence-electron chi connectivity index (χ4n) is 2.29. The number of rotatable bonds is 4. The van der Waals surface area contributed by atoms with Crippen molar-refractivity contribution in [3.05, 3.63) is 40.5 Å². The Kier molecular flexibility index (Phi) is 4.90. The van der Waals surface area contributed by atoms with E-state index in [1.807, 2.05) is 30.3 Å². The van der Waals surface area contributed by atoms with Crippen LogP contribution in [-0.2, 0) is 23.8 Å². The van der Waals surface area contributed by atoms with Gasteiger partial charge in [0.1, 0.15) is 12.4 Å². The molecule has 0 spiro atoms. The van der Waals surface area contributed by atoms with Crippen LogP contribution >= 0.6 is 15.9 Å². The standard InChI is InChI=1S/C17H20BrN7O/c1-17(2,3)13-9-14(24(4)21-13)19-15(26)10-25-22-16(20-23-25)11-5-7-12(18)8-6-11/h5-9H,10H2,1-4H3,(H,19,26). The fourth-order valence-corrected chi connectivity index (χ4v) is 2.55. The van der Waals surface area contributed by atoms with Crippen molar-refractivity contribution in [3.63, 3.8) is 0 Å². The topological polar surface area (TPSA) is 90.5 Å². The van der Waals surface area contributed by atoms with E-state index in [0.29, 0.717) is 11.6 Å². The molecule has 0 saturated carbocycles. The summed E-state index contributed by atoms with van der Waals surface area (Å²) >= 11 is 3.39. The first kappa shape index (κ1) is 18.2. The molecule has 0 aliphatic carbocycles. The van der Waals surface area contributed by atoms with E-state index in [2.05, 4.69) is 62.5 Å². The summed E-state index contributed by atoms with van der Waals surface area (Å²) in [7, 11) is 1.80. The minimum absolute atomic E-state index is 0.0282. The molecule has 1 aromatic carbocycles. The quantitative estimate of drug-likeness (QED) is 0.704. The van der Waals surface area contributed by atoms with Gasteiger partial charge in [-0.25, -0.2) is 0 Å². The van der Waals surface area contributed by atoms with Crippen LogP contribution in [0, 0.1) is 0 Å². The minimum atomic E-state index is -0.242. The van der Waals surface area contributed by atoms with E-state index < -0.39 is 0 Å². The highest BCUT2D eigenvalue weighted by Crippen LogP contribution is 2.23. The molecular formula is C17H20BrN7O. The molecule has 9 heteroatoms. The molecule has 26 heavy (non-hydrogen) atoms. The zero-order valence-corrected chi connectivity index (χ0v) is 16.6. The number of nitrogens with zero attached hydrogens (tertiary/aromatic N) is 6. The molecule has 1 N–H and O–H groups in total. The summed E-state index contributed by atoms with van der Waals surface area (Å²) in [5.74, 6) is 0.863. The molecule has 8 nitrogen and oxygen atoms in total. The molecule has 3 aromatic rings. The number of anilines is 1. The van der Waals surface area contributed by atoms with Gasteiger partial charge in [-0.15, -0.1) is 10.2 Å². The second-order valence-corrected chi connectivity index (χ2v) is 7.90. The van der Waals surface area contributed by atoms with Crippen LogP contribution in [0.4, 0.5) is 5.82 Å². The van der Waals surface area contributed by atoms with Gasteiger partial charge in [0.15, 0.2) is 0 Å². The molecule has 2 aromatic heterocycles. The molecular weight excluding hydrogens is 398 g/mol. The Morgan fingerprint density at radius 1 is 1.19 bits per heavy atom. The Morgan fingerprint density at radius 3 is 2.50 bits per heavy atom. The fraction of sp³-hybridized carbons (Fsp3) is 0.353. The second kappa shape index (κ2) is 6.99. The normalized spacial score (nSPS) is 11.6. The molecule has 0 radical (unpaired) electrons. The van der Waals surface area contributed by atoms with Crippen LogP contribution in [0.1, 0.15) is 26.5 Å². The highest BCUT2D eigenvalue weighted by molar-refractivity contribution is 9.10. The predicted molar refractivity (Wildman–Crippen MR) is 101 cm³/mol. The SMILES string of the molecule is Cn1nc(C(C)(C)C)cc1NC(=O)Cn1nnc(-c2ccc(Br)cc2)n1. The lowest BCUT2D eigenvalue weighted by molar-refractivity contribution is -0.117. The first-order valence-corrected chi connectivity index (χ1v) is 8.90. The molecule has 3 rings (SSSR count). The average Bonchev–Trinajstić information content (AvgIpc) is 3.15. The van der Waals surface area contributed by atoms with Crippen LogP contribution in [0.2, 0.25) is 0 Å². The van der Waals surface area contributed by atoms with Gasteiger partial charge in [-0.2, -0.15) is 9.90 Å². The summed E-state index contributed by atoms with van der Waals surface area (Å²) in [6.45, 7) is 6.19. The van der Waals surface area contributed by atoms with E-state index in [0.717, 1.165) is 15.7 Å². The number of nitrogens with one attached hydrogen (secondary N) is 1. The summed E-state index contributed by atoms with van der Waals surface area (Å²) in [5, 5.41) is 19.5. The van der Waals surface area contributed by atoms with Crippen molar-refractivity contribution in [3.8, 4) is 11.4 Å². The smallest absolute Gasteiger partial charge is 0.249 e. The third kappa shape index (κ3) is 4.16. The number of amides is 1. The van der Waals surface area contributed by atoms with Gasteiger partial charge in [-0.05, 0) is 29.5 Å². The van der Waals surface area contributed by atoms with Gasteiger partial charge in [0.05, 0.1) is 5.69 Å². The molecule has 136 valence electrons. The maximum atomic E-state index is 12.3. The van der Waals surface area contributed by atoms with Crippen molar-refractivity contribution in [2.45, 2.75) is 32.7 Å². The van der Waals surface area contributed by atoms with E-state index in [-0.39, 0.29) is 17.9 Å². The Bertz CT molecular complexity index is 921. The van der Waals surface area contributed by atoms with Gasteiger partial charge >= 0.3 is 0 Å². The molecule has 0 unspecified atom stereocenters. The molecule has 2 heterocycles. The monoisotopic (exact) mass is 417 g/mol. The lowest BCUT2D eigenvalue weighted by Gasteiger charge is -2.13. The lowest BCUT2D eigenvalue weighted by atomic mass is 9.92. The zero-order valence-electron chi connectivity index (χ0n) is 15.1. The predicted octanol–water partition coefficient (Wildman–Crippen LogP) is 2.77. The highest BCUT2D eigenvalue weighted by Gasteiger charge is 2.20. The maximum absolute atomic E-state index is 12.3. The number of carbonyl (C=O) groups is 1. The van der Waals surface area contributed by atoms with Crippen LogP contribution in [0.3, 0.4) is 0 Å². The Balaban J connectivity index is 1.68. The second-order valence-electron chi connectivity index (χ2n) is 6.99. The number of tetrazole rings is 1. The van der Waals surface area contributed by atoms with Crippen molar-refractivity contribution in [2.24, 2.45) is 7.05 Å². The van der Waals surface area contributed by atoms with Crippen LogP contribution < -0.4 is 5.32 Å². The summed E-state index contributed by atoms with van der Waals surface area (Å²) in [5.41, 5.74) is 1.65. The van der Waals surface area contributed by atoms with Gasteiger partial charge in [-0.3, -0.25) is 9.48 Å². The van der Waals surface area contributed by atoms with Crippen molar-refractivity contribution < 1.29 is 4.79 Å². The maximum Gasteiger partial charge on any atom is 0.249 e. The minimum Gasteiger partial charge on any atom is -0.309 e. The number of aromatic nitrogens is 6. The van der Waals surface area contributed by atoms with Crippen molar-refractivity contribution in [1.29, 1.82) is 0 Å². The van der Waals surface area contributed by atoms with Gasteiger partial charge < -0.3 is 5.32 Å². The highest BCUT2D eigenvalue weighted by atomic mass is 79.9. The van der Waals surface area contributed by atoms with Crippen LogP contribution in [0.15, 0.2) is 34.8 Å². The average molecular weight is 418 g/mol. The van der Waals surface area contributed by atoms with Crippen LogP contribution in [0.25, 0.3) is 11.4 Å². The Morgan fingerprint density at radius 2 is 1.88 bits per heavy atom. The largest absolute Gasteiger partial charge is 0.309 e. The van der Waals surface area contributed by atoms with Crippen molar-refractivity contribution >= 4 is 27.7 Å². The molecule has 0 aliphatic heterocycles. The van der Waals surface area contributed by atoms with E-state index in [1.165, 1.54) is 4.80 Å². The summed E-state index contributed by atoms with van der Waals surface area (Å²) in [6.07, 6.45) is 0. The zero-order chi connectivity index (χ0) is 18.9. The summed E-state index contributed by atoms with van der Waals surface area (Å²) < 4.78 is 2.62. The summed E-state index contributed by atoms with van der Waals surface area (Å²) in [4.78, 5) is 13.6. The number of hydrogen-bond donors (Lipinski definition) is 1. The van der Waals surface area contributed by atoms with Crippen molar-refractivity contribution in [1.82, 2.24) is 30.0 Å². The lowest BCUT2D eigenvalue weighted by Crippen LogP contribution is -2.21. The number of carbonyl (C=O) groups excluding carboxylic acids is 1. The van der Waals surface area contributed by atoms with Gasteiger partial charge in [0.25, 0.3) is 0 Å². The molecule has 0 atom stereocenters. The number of benzene rings is 1.